The minimum Gasteiger partial charge on any atom is -0.370 e. The zero-order chi connectivity index (χ0) is 10.9. The molecule has 0 unspecified atom stereocenters. The predicted octanol–water partition coefficient (Wildman–Crippen LogP) is 2.89. The van der Waals surface area contributed by atoms with Crippen LogP contribution in [0.1, 0.15) is 25.5 Å². The van der Waals surface area contributed by atoms with Gasteiger partial charge >= 0.3 is 0 Å². The van der Waals surface area contributed by atoms with Crippen LogP contribution in [0.15, 0.2) is 28.7 Å². The Labute approximate surface area is 99.1 Å². The van der Waals surface area contributed by atoms with Gasteiger partial charge in [-0.15, -0.1) is 0 Å². The monoisotopic (exact) mass is 269 g/mol. The number of ether oxygens (including phenoxy) is 1. The summed E-state index contributed by atoms with van der Waals surface area (Å²) in [5.74, 6) is 0. The Bertz CT molecular complexity index is 351. The normalized spacial score (nSPS) is 25.1. The Balaban J connectivity index is 2.33. The molecule has 1 aliphatic heterocycles. The molecule has 0 aliphatic carbocycles. The Kier molecular flexibility index (Phi) is 3.14. The van der Waals surface area contributed by atoms with Crippen molar-refractivity contribution in [2.45, 2.75) is 25.5 Å². The lowest BCUT2D eigenvalue weighted by molar-refractivity contribution is -0.0392. The summed E-state index contributed by atoms with van der Waals surface area (Å²) in [5.41, 5.74) is 1.21. The molecule has 2 rings (SSSR count). The van der Waals surface area contributed by atoms with Gasteiger partial charge in [0.2, 0.25) is 0 Å². The van der Waals surface area contributed by atoms with Crippen LogP contribution in [0.2, 0.25) is 0 Å². The second-order valence-corrected chi connectivity index (χ2v) is 5.28. The third-order valence-electron chi connectivity index (χ3n) is 2.81. The van der Waals surface area contributed by atoms with E-state index in [0.29, 0.717) is 0 Å². The molecule has 0 spiro atoms. The largest absolute Gasteiger partial charge is 0.370 e. The van der Waals surface area contributed by atoms with Crippen LogP contribution in [0, 0.1) is 0 Å². The van der Waals surface area contributed by atoms with Crippen LogP contribution in [0.4, 0.5) is 0 Å². The highest BCUT2D eigenvalue weighted by molar-refractivity contribution is 9.10. The highest BCUT2D eigenvalue weighted by atomic mass is 79.9. The maximum absolute atomic E-state index is 5.87. The van der Waals surface area contributed by atoms with Gasteiger partial charge in [-0.3, -0.25) is 0 Å². The van der Waals surface area contributed by atoms with E-state index < -0.39 is 0 Å². The topological polar surface area (TPSA) is 21.3 Å². The first-order valence-electron chi connectivity index (χ1n) is 5.22. The molecular weight excluding hydrogens is 254 g/mol. The number of morpholine rings is 1. The highest BCUT2D eigenvalue weighted by Gasteiger charge is 2.34. The molecule has 2 nitrogen and oxygen atoms in total. The van der Waals surface area contributed by atoms with Crippen LogP contribution in [-0.2, 0) is 4.74 Å². The first kappa shape index (κ1) is 11.1. The lowest BCUT2D eigenvalue weighted by Crippen LogP contribution is -2.51. The second-order valence-electron chi connectivity index (χ2n) is 4.42. The SMILES string of the molecule is CC1(C)NCCO[C@@H]1c1ccccc1Br. The van der Waals surface area contributed by atoms with Crippen molar-refractivity contribution < 1.29 is 4.74 Å². The molecular formula is C12H16BrNO. The van der Waals surface area contributed by atoms with E-state index in [2.05, 4.69) is 47.2 Å². The molecule has 1 saturated heterocycles. The minimum absolute atomic E-state index is 0.0118. The zero-order valence-electron chi connectivity index (χ0n) is 9.09. The van der Waals surface area contributed by atoms with Crippen molar-refractivity contribution in [1.82, 2.24) is 5.32 Å². The fraction of sp³-hybridized carbons (Fsp3) is 0.500. The van der Waals surface area contributed by atoms with Crippen molar-refractivity contribution in [3.8, 4) is 0 Å². The van der Waals surface area contributed by atoms with E-state index in [0.717, 1.165) is 17.6 Å². The molecule has 0 aromatic heterocycles. The third kappa shape index (κ3) is 2.25. The maximum atomic E-state index is 5.87. The van der Waals surface area contributed by atoms with Gasteiger partial charge in [-0.25, -0.2) is 0 Å². The van der Waals surface area contributed by atoms with Gasteiger partial charge < -0.3 is 10.1 Å². The van der Waals surface area contributed by atoms with Crippen LogP contribution < -0.4 is 5.32 Å². The highest BCUT2D eigenvalue weighted by Crippen LogP contribution is 2.35. The molecule has 1 heterocycles. The zero-order valence-corrected chi connectivity index (χ0v) is 10.7. The van der Waals surface area contributed by atoms with Crippen LogP contribution in [0.3, 0.4) is 0 Å². The first-order chi connectivity index (χ1) is 7.11. The van der Waals surface area contributed by atoms with Crippen LogP contribution in [-0.4, -0.2) is 18.7 Å². The van der Waals surface area contributed by atoms with Gasteiger partial charge in [0, 0.05) is 16.6 Å². The van der Waals surface area contributed by atoms with E-state index in [1.54, 1.807) is 0 Å². The van der Waals surface area contributed by atoms with Gasteiger partial charge in [0.1, 0.15) is 6.10 Å². The van der Waals surface area contributed by atoms with Crippen LogP contribution in [0.5, 0.6) is 0 Å². The predicted molar refractivity (Wildman–Crippen MR) is 64.9 cm³/mol. The summed E-state index contributed by atoms with van der Waals surface area (Å²) in [4.78, 5) is 0. The molecule has 0 saturated carbocycles. The van der Waals surface area contributed by atoms with E-state index in [-0.39, 0.29) is 11.6 Å². The van der Waals surface area contributed by atoms with Crippen molar-refractivity contribution in [3.63, 3.8) is 0 Å². The fourth-order valence-electron chi connectivity index (χ4n) is 2.02. The standard InChI is InChI=1S/C12H16BrNO/c1-12(2)11(15-8-7-14-12)9-5-3-4-6-10(9)13/h3-6,11,14H,7-8H2,1-2H3/t11-/m1/s1. The van der Waals surface area contributed by atoms with E-state index >= 15 is 0 Å². The number of halogens is 1. The molecule has 0 amide bonds. The molecule has 1 N–H and O–H groups in total. The molecule has 1 aromatic carbocycles. The van der Waals surface area contributed by atoms with Crippen LogP contribution in [0.25, 0.3) is 0 Å². The number of hydrogen-bond acceptors (Lipinski definition) is 2. The summed E-state index contributed by atoms with van der Waals surface area (Å²) < 4.78 is 6.98. The van der Waals surface area contributed by atoms with Crippen molar-refractivity contribution in [2.75, 3.05) is 13.2 Å². The average Bonchev–Trinajstić information content (AvgIpc) is 2.19. The molecule has 1 aliphatic rings. The van der Waals surface area contributed by atoms with Gasteiger partial charge in [0.15, 0.2) is 0 Å². The Morgan fingerprint density at radius 3 is 2.80 bits per heavy atom. The summed E-state index contributed by atoms with van der Waals surface area (Å²) in [6, 6.07) is 8.25. The third-order valence-corrected chi connectivity index (χ3v) is 3.53. The average molecular weight is 270 g/mol. The fourth-order valence-corrected chi connectivity index (χ4v) is 2.51. The summed E-state index contributed by atoms with van der Waals surface area (Å²) in [6.45, 7) is 6.05. The second kappa shape index (κ2) is 4.24. The van der Waals surface area contributed by atoms with Crippen molar-refractivity contribution in [1.29, 1.82) is 0 Å². The summed E-state index contributed by atoms with van der Waals surface area (Å²) in [7, 11) is 0. The van der Waals surface area contributed by atoms with Crippen LogP contribution >= 0.6 is 15.9 Å². The smallest absolute Gasteiger partial charge is 0.101 e. The lowest BCUT2D eigenvalue weighted by atomic mass is 9.90. The lowest BCUT2D eigenvalue weighted by Gasteiger charge is -2.40. The summed E-state index contributed by atoms with van der Waals surface area (Å²) in [6.07, 6.45) is 0.113. The van der Waals surface area contributed by atoms with Crippen molar-refractivity contribution >= 4 is 15.9 Å². The first-order valence-corrected chi connectivity index (χ1v) is 6.01. The van der Waals surface area contributed by atoms with Gasteiger partial charge in [0.05, 0.1) is 6.61 Å². The number of nitrogens with one attached hydrogen (secondary N) is 1. The molecule has 0 bridgehead atoms. The van der Waals surface area contributed by atoms with E-state index in [1.807, 2.05) is 12.1 Å². The molecule has 1 aromatic rings. The molecule has 1 fully saturated rings. The van der Waals surface area contributed by atoms with Gasteiger partial charge in [-0.05, 0) is 25.5 Å². The molecule has 1 atom stereocenters. The minimum atomic E-state index is -0.0118. The Morgan fingerprint density at radius 2 is 2.13 bits per heavy atom. The Morgan fingerprint density at radius 1 is 1.40 bits per heavy atom. The van der Waals surface area contributed by atoms with E-state index in [9.17, 15) is 0 Å². The van der Waals surface area contributed by atoms with Crippen molar-refractivity contribution in [3.05, 3.63) is 34.3 Å². The summed E-state index contributed by atoms with van der Waals surface area (Å²) >= 11 is 3.58. The van der Waals surface area contributed by atoms with E-state index in [4.69, 9.17) is 4.74 Å². The summed E-state index contributed by atoms with van der Waals surface area (Å²) in [5, 5.41) is 3.49. The quantitative estimate of drug-likeness (QED) is 0.847. The molecule has 3 heteroatoms. The number of hydrogen-bond donors (Lipinski definition) is 1. The van der Waals surface area contributed by atoms with Gasteiger partial charge in [-0.1, -0.05) is 34.1 Å². The van der Waals surface area contributed by atoms with Gasteiger partial charge in [-0.2, -0.15) is 0 Å². The molecule has 15 heavy (non-hydrogen) atoms. The molecule has 82 valence electrons. The van der Waals surface area contributed by atoms with Gasteiger partial charge in [0.25, 0.3) is 0 Å². The van der Waals surface area contributed by atoms with E-state index in [1.165, 1.54) is 5.56 Å². The Hall–Kier alpha value is -0.380. The maximum Gasteiger partial charge on any atom is 0.101 e. The molecule has 0 radical (unpaired) electrons. The van der Waals surface area contributed by atoms with Crippen molar-refractivity contribution in [2.24, 2.45) is 0 Å². The number of rotatable bonds is 1. The number of benzene rings is 1.